The smallest absolute Gasteiger partial charge is 0.373 e. The average Bonchev–Trinajstić information content (AvgIpc) is 3.15. The zero-order valence-corrected chi connectivity index (χ0v) is 19.1. The largest absolute Gasteiger partial charge is 0.515 e. The maximum absolute atomic E-state index is 6.16. The van der Waals surface area contributed by atoms with Crippen molar-refractivity contribution in [2.75, 3.05) is 19.8 Å². The van der Waals surface area contributed by atoms with Crippen molar-refractivity contribution in [2.24, 2.45) is 5.92 Å². The van der Waals surface area contributed by atoms with Crippen LogP contribution in [0.4, 0.5) is 0 Å². The molecule has 24 heavy (non-hydrogen) atoms. The first-order valence-electron chi connectivity index (χ1n) is 9.56. The first kappa shape index (κ1) is 21.4. The van der Waals surface area contributed by atoms with Gasteiger partial charge in [0.15, 0.2) is 0 Å². The second-order valence-electron chi connectivity index (χ2n) is 6.76. The first-order valence-corrected chi connectivity index (χ1v) is 14.9. The molecule has 0 spiro atoms. The fourth-order valence-corrected chi connectivity index (χ4v) is 15.5. The molecular weight excluding hydrogens is 376 g/mol. The summed E-state index contributed by atoms with van der Waals surface area (Å²) in [5.74, 6) is 1.01. The van der Waals surface area contributed by atoms with Crippen molar-refractivity contribution < 1.29 is 13.3 Å². The lowest BCUT2D eigenvalue weighted by Gasteiger charge is -2.35. The Morgan fingerprint density at radius 1 is 1.00 bits per heavy atom. The maximum Gasteiger partial charge on any atom is 0.515 e. The molecule has 0 aromatic heterocycles. The Morgan fingerprint density at radius 3 is 2.00 bits per heavy atom. The van der Waals surface area contributed by atoms with Crippen LogP contribution in [-0.2, 0) is 13.3 Å². The van der Waals surface area contributed by atoms with E-state index in [0.29, 0.717) is 29.4 Å². The predicted molar refractivity (Wildman–Crippen MR) is 111 cm³/mol. The second-order valence-corrected chi connectivity index (χ2v) is 14.6. The van der Waals surface area contributed by atoms with E-state index in [2.05, 4.69) is 17.7 Å². The lowest BCUT2D eigenvalue weighted by atomic mass is 10.0. The Bertz CT molecular complexity index is 348. The van der Waals surface area contributed by atoms with Crippen LogP contribution in [0.5, 0.6) is 0 Å². The average molecular weight is 411 g/mol. The lowest BCUT2D eigenvalue weighted by molar-refractivity contribution is 0.0689. The van der Waals surface area contributed by atoms with Crippen molar-refractivity contribution in [3.63, 3.8) is 0 Å². The summed E-state index contributed by atoms with van der Waals surface area (Å²) < 4.78 is 19.0. The van der Waals surface area contributed by atoms with Crippen LogP contribution >= 0.6 is 31.4 Å². The summed E-state index contributed by atoms with van der Waals surface area (Å²) in [4.78, 5) is 0.329. The van der Waals surface area contributed by atoms with Crippen LogP contribution in [0.3, 0.4) is 0 Å². The van der Waals surface area contributed by atoms with Crippen LogP contribution in [0.2, 0.25) is 0 Å². The van der Waals surface area contributed by atoms with Crippen molar-refractivity contribution in [1.29, 1.82) is 0 Å². The van der Waals surface area contributed by atoms with Gasteiger partial charge in [0.1, 0.15) is 0 Å². The summed E-state index contributed by atoms with van der Waals surface area (Å²) in [5.41, 5.74) is 0. The number of rotatable bonds is 13. The molecule has 0 aromatic carbocycles. The number of hydrogen-bond donors (Lipinski definition) is 0. The van der Waals surface area contributed by atoms with E-state index in [1.165, 1.54) is 32.1 Å². The van der Waals surface area contributed by atoms with Gasteiger partial charge in [0.25, 0.3) is 0 Å². The first-order chi connectivity index (χ1) is 11.6. The molecular formula is C17H34O3S3Si. The van der Waals surface area contributed by atoms with Gasteiger partial charge in [-0.2, -0.15) is 0 Å². The fourth-order valence-electron chi connectivity index (χ4n) is 3.95. The molecule has 2 aliphatic carbocycles. The predicted octanol–water partition coefficient (Wildman–Crippen LogP) is 6.11. The molecule has 2 saturated carbocycles. The Morgan fingerprint density at radius 2 is 1.58 bits per heavy atom. The summed E-state index contributed by atoms with van der Waals surface area (Å²) >= 11 is 0. The molecule has 0 radical (unpaired) electrons. The third kappa shape index (κ3) is 5.33. The SMILES string of the molecule is CCCC(SSSC12CCC(CC1)C2)[Si](OCC)(OCC)OCC. The Labute approximate surface area is 161 Å². The molecule has 0 aliphatic heterocycles. The van der Waals surface area contributed by atoms with Gasteiger partial charge in [0, 0.05) is 24.6 Å². The Kier molecular flexibility index (Phi) is 9.36. The van der Waals surface area contributed by atoms with Gasteiger partial charge < -0.3 is 13.3 Å². The summed E-state index contributed by atoms with van der Waals surface area (Å²) in [7, 11) is 3.45. The highest BCUT2D eigenvalue weighted by Gasteiger charge is 2.50. The quantitative estimate of drug-likeness (QED) is 0.269. The van der Waals surface area contributed by atoms with Crippen molar-refractivity contribution in [3.05, 3.63) is 0 Å². The van der Waals surface area contributed by atoms with Crippen LogP contribution in [-0.4, -0.2) is 38.2 Å². The normalized spacial score (nSPS) is 27.8. The standard InChI is InChI=1S/C17H34O3S3Si/c1-5-9-16(24(18-6-2,19-7-3)20-8-4)21-23-22-17-12-10-15(14-17)11-13-17/h15-16H,5-14H2,1-4H3. The molecule has 0 saturated heterocycles. The van der Waals surface area contributed by atoms with E-state index >= 15 is 0 Å². The molecule has 0 amide bonds. The van der Waals surface area contributed by atoms with Gasteiger partial charge >= 0.3 is 8.80 Å². The van der Waals surface area contributed by atoms with E-state index in [1.54, 1.807) is 0 Å². The van der Waals surface area contributed by atoms with E-state index in [0.717, 1.165) is 18.8 Å². The number of fused-ring (bicyclic) bond motifs is 2. The van der Waals surface area contributed by atoms with Crippen molar-refractivity contribution in [1.82, 2.24) is 0 Å². The maximum atomic E-state index is 6.16. The molecule has 0 aromatic rings. The minimum Gasteiger partial charge on any atom is -0.373 e. The fraction of sp³-hybridized carbons (Fsp3) is 1.00. The highest BCUT2D eigenvalue weighted by Crippen LogP contribution is 2.61. The van der Waals surface area contributed by atoms with E-state index in [1.807, 2.05) is 41.4 Å². The molecule has 2 rings (SSSR count). The topological polar surface area (TPSA) is 27.7 Å². The third-order valence-corrected chi connectivity index (χ3v) is 15.0. The Balaban J connectivity index is 1.96. The molecule has 0 N–H and O–H groups in total. The number of hydrogen-bond acceptors (Lipinski definition) is 6. The van der Waals surface area contributed by atoms with E-state index in [4.69, 9.17) is 13.3 Å². The molecule has 2 bridgehead atoms. The molecule has 2 aliphatic rings. The molecule has 2 fully saturated rings. The van der Waals surface area contributed by atoms with E-state index in [-0.39, 0.29) is 0 Å². The second kappa shape index (κ2) is 10.5. The van der Waals surface area contributed by atoms with Crippen molar-refractivity contribution in [2.45, 2.75) is 82.3 Å². The lowest BCUT2D eigenvalue weighted by Crippen LogP contribution is -2.55. The Hall–Kier alpha value is 1.15. The zero-order valence-electron chi connectivity index (χ0n) is 15.7. The van der Waals surface area contributed by atoms with E-state index < -0.39 is 8.80 Å². The van der Waals surface area contributed by atoms with Crippen LogP contribution in [0.1, 0.15) is 72.6 Å². The van der Waals surface area contributed by atoms with Gasteiger partial charge in [-0.05, 0) is 75.0 Å². The van der Waals surface area contributed by atoms with Gasteiger partial charge in [-0.15, -0.1) is 0 Å². The summed E-state index contributed by atoms with van der Waals surface area (Å²) in [5, 5.41) is 0. The van der Waals surface area contributed by atoms with Gasteiger partial charge in [-0.1, -0.05) is 34.9 Å². The van der Waals surface area contributed by atoms with Crippen LogP contribution in [0.15, 0.2) is 0 Å². The molecule has 1 unspecified atom stereocenters. The van der Waals surface area contributed by atoms with Crippen molar-refractivity contribution >= 4 is 40.2 Å². The highest BCUT2D eigenvalue weighted by atomic mass is 33.5. The van der Waals surface area contributed by atoms with Crippen molar-refractivity contribution in [3.8, 4) is 0 Å². The van der Waals surface area contributed by atoms with Crippen LogP contribution in [0, 0.1) is 5.92 Å². The monoisotopic (exact) mass is 410 g/mol. The molecule has 3 nitrogen and oxygen atoms in total. The molecule has 1 atom stereocenters. The molecule has 0 heterocycles. The highest BCUT2D eigenvalue weighted by molar-refractivity contribution is 9.09. The van der Waals surface area contributed by atoms with Crippen LogP contribution < -0.4 is 0 Å². The summed E-state index contributed by atoms with van der Waals surface area (Å²) in [6, 6.07) is 0. The van der Waals surface area contributed by atoms with Gasteiger partial charge in [-0.3, -0.25) is 0 Å². The summed E-state index contributed by atoms with van der Waals surface area (Å²) in [6.07, 6.45) is 9.41. The molecule has 7 heteroatoms. The minimum absolute atomic E-state index is 0.329. The zero-order chi connectivity index (χ0) is 17.5. The third-order valence-electron chi connectivity index (χ3n) is 5.03. The van der Waals surface area contributed by atoms with Gasteiger partial charge in [0.05, 0.1) is 4.87 Å². The minimum atomic E-state index is -2.62. The summed E-state index contributed by atoms with van der Waals surface area (Å²) in [6.45, 7) is 10.4. The molecule has 142 valence electrons. The van der Waals surface area contributed by atoms with Gasteiger partial charge in [0.2, 0.25) is 0 Å². The van der Waals surface area contributed by atoms with E-state index in [9.17, 15) is 0 Å². The van der Waals surface area contributed by atoms with Gasteiger partial charge in [-0.25, -0.2) is 0 Å². The van der Waals surface area contributed by atoms with Crippen LogP contribution in [0.25, 0.3) is 0 Å².